The van der Waals surface area contributed by atoms with Gasteiger partial charge in [0.05, 0.1) is 7.11 Å². The zero-order chi connectivity index (χ0) is 10.7. The van der Waals surface area contributed by atoms with Gasteiger partial charge in [-0.15, -0.1) is 0 Å². The van der Waals surface area contributed by atoms with Crippen LogP contribution in [0.15, 0.2) is 24.3 Å². The minimum Gasteiger partial charge on any atom is -0.497 e. The molecule has 0 atom stereocenters. The normalized spacial score (nSPS) is 14.5. The molecular weight excluding hydrogens is 192 g/mol. The Bertz CT molecular complexity index is 361. The first-order valence-electron chi connectivity index (χ1n) is 4.99. The third kappa shape index (κ3) is 2.87. The molecule has 1 aromatic rings. The molecule has 1 aliphatic carbocycles. The summed E-state index contributed by atoms with van der Waals surface area (Å²) in [6.07, 6.45) is 2.18. The molecular formula is C11H14N2O2. The topological polar surface area (TPSA) is 50.4 Å². The van der Waals surface area contributed by atoms with E-state index < -0.39 is 0 Å². The first-order chi connectivity index (χ1) is 7.28. The third-order valence-electron chi connectivity index (χ3n) is 2.24. The van der Waals surface area contributed by atoms with Crippen molar-refractivity contribution in [3.05, 3.63) is 24.3 Å². The van der Waals surface area contributed by atoms with Gasteiger partial charge in [-0.05, 0) is 25.0 Å². The highest BCUT2D eigenvalue weighted by molar-refractivity contribution is 5.89. The van der Waals surface area contributed by atoms with E-state index in [2.05, 4.69) is 10.6 Å². The lowest BCUT2D eigenvalue weighted by molar-refractivity contribution is 0.251. The predicted molar refractivity (Wildman–Crippen MR) is 58.2 cm³/mol. The highest BCUT2D eigenvalue weighted by Crippen LogP contribution is 2.20. The molecule has 0 heterocycles. The number of ether oxygens (including phenoxy) is 1. The maximum atomic E-state index is 11.4. The van der Waals surface area contributed by atoms with Gasteiger partial charge in [-0.25, -0.2) is 4.79 Å². The Morgan fingerprint density at radius 1 is 1.47 bits per heavy atom. The van der Waals surface area contributed by atoms with Crippen molar-refractivity contribution in [2.45, 2.75) is 18.9 Å². The second kappa shape index (κ2) is 4.21. The molecule has 0 unspecified atom stereocenters. The number of amides is 2. The van der Waals surface area contributed by atoms with Crippen LogP contribution in [0.2, 0.25) is 0 Å². The molecule has 4 nitrogen and oxygen atoms in total. The lowest BCUT2D eigenvalue weighted by atomic mass is 10.3. The number of hydrogen-bond donors (Lipinski definition) is 2. The molecule has 0 aliphatic heterocycles. The Morgan fingerprint density at radius 2 is 2.27 bits per heavy atom. The highest BCUT2D eigenvalue weighted by atomic mass is 16.5. The monoisotopic (exact) mass is 206 g/mol. The number of urea groups is 1. The van der Waals surface area contributed by atoms with Crippen molar-refractivity contribution in [3.8, 4) is 5.75 Å². The van der Waals surface area contributed by atoms with Gasteiger partial charge < -0.3 is 15.4 Å². The molecule has 80 valence electrons. The summed E-state index contributed by atoms with van der Waals surface area (Å²) in [6, 6.07) is 7.51. The molecule has 0 spiro atoms. The summed E-state index contributed by atoms with van der Waals surface area (Å²) in [6.45, 7) is 0. The van der Waals surface area contributed by atoms with Crippen LogP contribution < -0.4 is 15.4 Å². The molecule has 1 aliphatic rings. The predicted octanol–water partition coefficient (Wildman–Crippen LogP) is 1.98. The van der Waals surface area contributed by atoms with E-state index in [-0.39, 0.29) is 6.03 Å². The fraction of sp³-hybridized carbons (Fsp3) is 0.364. The van der Waals surface area contributed by atoms with Gasteiger partial charge >= 0.3 is 6.03 Å². The summed E-state index contributed by atoms with van der Waals surface area (Å²) in [5.41, 5.74) is 0.743. The van der Waals surface area contributed by atoms with Gasteiger partial charge in [-0.3, -0.25) is 0 Å². The molecule has 1 fully saturated rings. The first-order valence-corrected chi connectivity index (χ1v) is 4.99. The number of rotatable bonds is 3. The van der Waals surface area contributed by atoms with E-state index in [1.165, 1.54) is 0 Å². The molecule has 2 amide bonds. The molecule has 0 saturated heterocycles. The van der Waals surface area contributed by atoms with Crippen molar-refractivity contribution in [3.63, 3.8) is 0 Å². The first kappa shape index (κ1) is 9.83. The van der Waals surface area contributed by atoms with Crippen LogP contribution >= 0.6 is 0 Å². The van der Waals surface area contributed by atoms with Crippen LogP contribution in [0.3, 0.4) is 0 Å². The molecule has 15 heavy (non-hydrogen) atoms. The maximum Gasteiger partial charge on any atom is 0.319 e. The van der Waals surface area contributed by atoms with E-state index in [1.54, 1.807) is 13.2 Å². The van der Waals surface area contributed by atoms with Crippen LogP contribution in [-0.4, -0.2) is 19.2 Å². The van der Waals surface area contributed by atoms with Gasteiger partial charge in [-0.1, -0.05) is 6.07 Å². The molecule has 0 bridgehead atoms. The van der Waals surface area contributed by atoms with E-state index in [4.69, 9.17) is 4.74 Å². The molecule has 1 aromatic carbocycles. The standard InChI is InChI=1S/C11H14N2O2/c1-15-10-4-2-3-9(7-10)13-11(14)12-8-5-6-8/h2-4,7-8H,5-6H2,1H3,(H2,12,13,14). The Kier molecular flexibility index (Phi) is 2.76. The summed E-state index contributed by atoms with van der Waals surface area (Å²) in [7, 11) is 1.60. The van der Waals surface area contributed by atoms with Crippen LogP contribution in [-0.2, 0) is 0 Å². The van der Waals surface area contributed by atoms with Crippen molar-refractivity contribution in [2.24, 2.45) is 0 Å². The average Bonchev–Trinajstić information content (AvgIpc) is 3.02. The van der Waals surface area contributed by atoms with Crippen LogP contribution in [0.4, 0.5) is 10.5 Å². The van der Waals surface area contributed by atoms with Crippen LogP contribution in [0.25, 0.3) is 0 Å². The molecule has 1 saturated carbocycles. The van der Waals surface area contributed by atoms with Gasteiger partial charge in [-0.2, -0.15) is 0 Å². The van der Waals surface area contributed by atoms with Crippen LogP contribution in [0.5, 0.6) is 5.75 Å². The second-order valence-corrected chi connectivity index (χ2v) is 3.60. The van der Waals surface area contributed by atoms with Crippen LogP contribution in [0.1, 0.15) is 12.8 Å². The van der Waals surface area contributed by atoms with Crippen molar-refractivity contribution < 1.29 is 9.53 Å². The number of nitrogens with one attached hydrogen (secondary N) is 2. The molecule has 0 radical (unpaired) electrons. The Balaban J connectivity index is 1.93. The molecule has 2 rings (SSSR count). The Hall–Kier alpha value is -1.71. The quantitative estimate of drug-likeness (QED) is 0.794. The number of carbonyl (C=O) groups excluding carboxylic acids is 1. The van der Waals surface area contributed by atoms with E-state index in [0.717, 1.165) is 24.3 Å². The zero-order valence-corrected chi connectivity index (χ0v) is 8.62. The second-order valence-electron chi connectivity index (χ2n) is 3.60. The Labute approximate surface area is 88.6 Å². The summed E-state index contributed by atoms with van der Waals surface area (Å²) < 4.78 is 5.06. The number of carbonyl (C=O) groups is 1. The van der Waals surface area contributed by atoms with Crippen molar-refractivity contribution in [1.29, 1.82) is 0 Å². The third-order valence-corrected chi connectivity index (χ3v) is 2.24. The number of hydrogen-bond acceptors (Lipinski definition) is 2. The SMILES string of the molecule is COc1cccc(NC(=O)NC2CC2)c1. The fourth-order valence-electron chi connectivity index (χ4n) is 1.28. The van der Waals surface area contributed by atoms with E-state index in [0.29, 0.717) is 6.04 Å². The Morgan fingerprint density at radius 3 is 2.93 bits per heavy atom. The summed E-state index contributed by atoms with van der Waals surface area (Å²) in [4.78, 5) is 11.4. The minimum atomic E-state index is -0.147. The molecule has 2 N–H and O–H groups in total. The van der Waals surface area contributed by atoms with Gasteiger partial charge in [0, 0.05) is 17.8 Å². The van der Waals surface area contributed by atoms with Gasteiger partial charge in [0.1, 0.15) is 5.75 Å². The van der Waals surface area contributed by atoms with Gasteiger partial charge in [0.25, 0.3) is 0 Å². The summed E-state index contributed by atoms with van der Waals surface area (Å²) in [5, 5.41) is 5.61. The van der Waals surface area contributed by atoms with E-state index in [9.17, 15) is 4.79 Å². The number of methoxy groups -OCH3 is 1. The fourth-order valence-corrected chi connectivity index (χ4v) is 1.28. The van der Waals surface area contributed by atoms with Crippen molar-refractivity contribution >= 4 is 11.7 Å². The van der Waals surface area contributed by atoms with E-state index in [1.807, 2.05) is 18.2 Å². The van der Waals surface area contributed by atoms with Gasteiger partial charge in [0.2, 0.25) is 0 Å². The van der Waals surface area contributed by atoms with Gasteiger partial charge in [0.15, 0.2) is 0 Å². The zero-order valence-electron chi connectivity index (χ0n) is 8.62. The average molecular weight is 206 g/mol. The number of anilines is 1. The minimum absolute atomic E-state index is 0.147. The van der Waals surface area contributed by atoms with E-state index >= 15 is 0 Å². The number of benzene rings is 1. The van der Waals surface area contributed by atoms with Crippen LogP contribution in [0, 0.1) is 0 Å². The van der Waals surface area contributed by atoms with Crippen molar-refractivity contribution in [1.82, 2.24) is 5.32 Å². The lowest BCUT2D eigenvalue weighted by Gasteiger charge is -2.07. The molecule has 4 heteroatoms. The molecule has 0 aromatic heterocycles. The smallest absolute Gasteiger partial charge is 0.319 e. The lowest BCUT2D eigenvalue weighted by Crippen LogP contribution is -2.30. The maximum absolute atomic E-state index is 11.4. The highest BCUT2D eigenvalue weighted by Gasteiger charge is 2.23. The summed E-state index contributed by atoms with van der Waals surface area (Å²) >= 11 is 0. The largest absolute Gasteiger partial charge is 0.497 e. The van der Waals surface area contributed by atoms with Crippen molar-refractivity contribution in [2.75, 3.05) is 12.4 Å². The summed E-state index contributed by atoms with van der Waals surface area (Å²) in [5.74, 6) is 0.735.